The van der Waals surface area contributed by atoms with E-state index in [2.05, 4.69) is 173 Å². The summed E-state index contributed by atoms with van der Waals surface area (Å²) in [4.78, 5) is 0. The average Bonchev–Trinajstić information content (AvgIpc) is 3.73. The van der Waals surface area contributed by atoms with Gasteiger partial charge in [0.2, 0.25) is 0 Å². The standard InChI is InChI=1S/C49H31N3/c50-32-37-24-27-39(33-14-4-1-5-15-33)49(48(37)34-16-6-2-7-17-34)52-45-23-13-11-21-41(45)43-31-36(26-29-47(43)52)35-25-28-46-42(30-35)40-20-10-12-22-44(40)51(46)38-18-8-3-9-19-38/h1-31H. The Morgan fingerprint density at radius 1 is 0.365 bits per heavy atom. The normalized spacial score (nSPS) is 11.4. The quantitative estimate of drug-likeness (QED) is 0.181. The lowest BCUT2D eigenvalue weighted by Gasteiger charge is -2.20. The van der Waals surface area contributed by atoms with Gasteiger partial charge in [0.1, 0.15) is 0 Å². The summed E-state index contributed by atoms with van der Waals surface area (Å²) in [6.07, 6.45) is 0. The summed E-state index contributed by atoms with van der Waals surface area (Å²) >= 11 is 0. The summed E-state index contributed by atoms with van der Waals surface area (Å²) in [6, 6.07) is 69.0. The molecule has 52 heavy (non-hydrogen) atoms. The van der Waals surface area contributed by atoms with Crippen molar-refractivity contribution in [3.8, 4) is 50.8 Å². The van der Waals surface area contributed by atoms with Gasteiger partial charge in [-0.25, -0.2) is 0 Å². The molecule has 0 aliphatic rings. The van der Waals surface area contributed by atoms with Gasteiger partial charge < -0.3 is 9.13 Å². The molecule has 10 rings (SSSR count). The van der Waals surface area contributed by atoms with Crippen molar-refractivity contribution in [3.63, 3.8) is 0 Å². The van der Waals surface area contributed by atoms with E-state index in [1.165, 1.54) is 38.1 Å². The molecule has 0 amide bonds. The van der Waals surface area contributed by atoms with Crippen molar-refractivity contribution in [3.05, 3.63) is 194 Å². The Kier molecular flexibility index (Phi) is 6.87. The van der Waals surface area contributed by atoms with Gasteiger partial charge in [-0.15, -0.1) is 0 Å². The number of fused-ring (bicyclic) bond motifs is 6. The summed E-state index contributed by atoms with van der Waals surface area (Å²) in [5.41, 5.74) is 13.8. The van der Waals surface area contributed by atoms with E-state index in [1.807, 2.05) is 30.3 Å². The third-order valence-corrected chi connectivity index (χ3v) is 10.4. The van der Waals surface area contributed by atoms with E-state index in [0.717, 1.165) is 50.2 Å². The number of benzene rings is 8. The van der Waals surface area contributed by atoms with Crippen LogP contribution in [0.4, 0.5) is 0 Å². The van der Waals surface area contributed by atoms with Crippen LogP contribution in [0.5, 0.6) is 0 Å². The molecule has 2 heterocycles. The van der Waals surface area contributed by atoms with Gasteiger partial charge in [-0.2, -0.15) is 5.26 Å². The van der Waals surface area contributed by atoms with Crippen LogP contribution >= 0.6 is 0 Å². The van der Waals surface area contributed by atoms with Crippen molar-refractivity contribution in [1.29, 1.82) is 5.26 Å². The number of nitriles is 1. The Labute approximate surface area is 301 Å². The van der Waals surface area contributed by atoms with Crippen LogP contribution in [0.1, 0.15) is 5.56 Å². The molecule has 8 aromatic carbocycles. The Balaban J connectivity index is 1.24. The molecule has 10 aromatic rings. The predicted octanol–water partition coefficient (Wildman–Crippen LogP) is 12.8. The highest BCUT2D eigenvalue weighted by molar-refractivity contribution is 6.13. The fourth-order valence-corrected chi connectivity index (χ4v) is 8.07. The van der Waals surface area contributed by atoms with Crippen LogP contribution in [-0.2, 0) is 0 Å². The molecule has 0 radical (unpaired) electrons. The first-order valence-electron chi connectivity index (χ1n) is 17.6. The molecular weight excluding hydrogens is 631 g/mol. The highest BCUT2D eigenvalue weighted by Gasteiger charge is 2.23. The topological polar surface area (TPSA) is 33.6 Å². The molecule has 0 unspecified atom stereocenters. The van der Waals surface area contributed by atoms with Crippen LogP contribution in [0.15, 0.2) is 188 Å². The van der Waals surface area contributed by atoms with Crippen molar-refractivity contribution in [2.75, 3.05) is 0 Å². The Bertz CT molecular complexity index is 3000. The first-order valence-corrected chi connectivity index (χ1v) is 17.6. The first kappa shape index (κ1) is 29.7. The van der Waals surface area contributed by atoms with Crippen molar-refractivity contribution in [1.82, 2.24) is 9.13 Å². The van der Waals surface area contributed by atoms with Gasteiger partial charge in [-0.1, -0.05) is 133 Å². The second-order valence-corrected chi connectivity index (χ2v) is 13.2. The second-order valence-electron chi connectivity index (χ2n) is 13.2. The van der Waals surface area contributed by atoms with Crippen LogP contribution in [-0.4, -0.2) is 9.13 Å². The van der Waals surface area contributed by atoms with E-state index in [9.17, 15) is 5.26 Å². The summed E-state index contributed by atoms with van der Waals surface area (Å²) in [5.74, 6) is 0. The van der Waals surface area contributed by atoms with E-state index in [4.69, 9.17) is 0 Å². The lowest BCUT2D eigenvalue weighted by atomic mass is 9.91. The maximum absolute atomic E-state index is 10.5. The van der Waals surface area contributed by atoms with Gasteiger partial charge in [-0.05, 0) is 76.9 Å². The second kappa shape index (κ2) is 12.0. The summed E-state index contributed by atoms with van der Waals surface area (Å²) in [6.45, 7) is 0. The van der Waals surface area contributed by atoms with Gasteiger partial charge in [-0.3, -0.25) is 0 Å². The molecule has 0 bridgehead atoms. The molecule has 2 aromatic heterocycles. The van der Waals surface area contributed by atoms with Gasteiger partial charge in [0, 0.05) is 38.4 Å². The minimum atomic E-state index is 0.645. The molecule has 0 atom stereocenters. The maximum Gasteiger partial charge on any atom is 0.0998 e. The lowest BCUT2D eigenvalue weighted by Crippen LogP contribution is -2.02. The van der Waals surface area contributed by atoms with E-state index < -0.39 is 0 Å². The highest BCUT2D eigenvalue weighted by Crippen LogP contribution is 2.44. The zero-order chi connectivity index (χ0) is 34.6. The number of hydrogen-bond acceptors (Lipinski definition) is 1. The van der Waals surface area contributed by atoms with E-state index in [0.29, 0.717) is 5.56 Å². The monoisotopic (exact) mass is 661 g/mol. The van der Waals surface area contributed by atoms with Crippen LogP contribution in [0, 0.1) is 11.3 Å². The first-order chi connectivity index (χ1) is 25.8. The van der Waals surface area contributed by atoms with Crippen molar-refractivity contribution < 1.29 is 0 Å². The Morgan fingerprint density at radius 3 is 1.44 bits per heavy atom. The summed E-state index contributed by atoms with van der Waals surface area (Å²) in [7, 11) is 0. The average molecular weight is 662 g/mol. The maximum atomic E-state index is 10.5. The highest BCUT2D eigenvalue weighted by atomic mass is 15.0. The molecule has 0 saturated heterocycles. The molecule has 3 nitrogen and oxygen atoms in total. The molecule has 3 heteroatoms. The Morgan fingerprint density at radius 2 is 0.846 bits per heavy atom. The van der Waals surface area contributed by atoms with E-state index in [-0.39, 0.29) is 0 Å². The smallest absolute Gasteiger partial charge is 0.0998 e. The summed E-state index contributed by atoms with van der Waals surface area (Å²) < 4.78 is 4.73. The van der Waals surface area contributed by atoms with E-state index >= 15 is 0 Å². The zero-order valence-corrected chi connectivity index (χ0v) is 28.2. The minimum Gasteiger partial charge on any atom is -0.309 e. The third kappa shape index (κ3) is 4.59. The molecule has 0 spiro atoms. The predicted molar refractivity (Wildman–Crippen MR) is 216 cm³/mol. The molecule has 0 N–H and O–H groups in total. The molecular formula is C49H31N3. The molecule has 0 aliphatic carbocycles. The molecule has 0 fully saturated rings. The summed E-state index contributed by atoms with van der Waals surface area (Å²) in [5, 5.41) is 15.3. The van der Waals surface area contributed by atoms with Gasteiger partial charge in [0.05, 0.1) is 39.4 Å². The Hall–Kier alpha value is -7.15. The lowest BCUT2D eigenvalue weighted by molar-refractivity contribution is 1.18. The number of rotatable bonds is 5. The van der Waals surface area contributed by atoms with E-state index in [1.54, 1.807) is 0 Å². The van der Waals surface area contributed by atoms with Crippen LogP contribution in [0.3, 0.4) is 0 Å². The molecule has 242 valence electrons. The van der Waals surface area contributed by atoms with Crippen molar-refractivity contribution in [2.45, 2.75) is 0 Å². The van der Waals surface area contributed by atoms with Gasteiger partial charge in [0.25, 0.3) is 0 Å². The van der Waals surface area contributed by atoms with Gasteiger partial charge in [0.15, 0.2) is 0 Å². The van der Waals surface area contributed by atoms with Crippen LogP contribution < -0.4 is 0 Å². The molecule has 0 aliphatic heterocycles. The molecule has 0 saturated carbocycles. The fourth-order valence-electron chi connectivity index (χ4n) is 8.07. The SMILES string of the molecule is N#Cc1ccc(-c2ccccc2)c(-n2c3ccccc3c3cc(-c4ccc5c(c4)c4ccccc4n5-c4ccccc4)ccc32)c1-c1ccccc1. The van der Waals surface area contributed by atoms with Gasteiger partial charge >= 0.3 is 0 Å². The number of para-hydroxylation sites is 3. The largest absolute Gasteiger partial charge is 0.309 e. The fraction of sp³-hybridized carbons (Fsp3) is 0. The van der Waals surface area contributed by atoms with Crippen LogP contribution in [0.25, 0.3) is 88.4 Å². The zero-order valence-electron chi connectivity index (χ0n) is 28.2. The van der Waals surface area contributed by atoms with Crippen molar-refractivity contribution in [2.24, 2.45) is 0 Å². The number of hydrogen-bond donors (Lipinski definition) is 0. The minimum absolute atomic E-state index is 0.645. The number of aromatic nitrogens is 2. The van der Waals surface area contributed by atoms with Crippen molar-refractivity contribution >= 4 is 43.6 Å². The third-order valence-electron chi connectivity index (χ3n) is 10.4. The number of nitrogens with zero attached hydrogens (tertiary/aromatic N) is 3. The van der Waals surface area contributed by atoms with Crippen LogP contribution in [0.2, 0.25) is 0 Å².